The van der Waals surface area contributed by atoms with Crippen molar-refractivity contribution in [3.05, 3.63) is 58.4 Å². The van der Waals surface area contributed by atoms with Gasteiger partial charge in [-0.25, -0.2) is 9.47 Å². The standard InChI is InChI=1S/C16H19N4O3.BrH/c1-2-3-11-19-15-17-9-4-10-18(15)12-16(19,21)13-5-7-14(8-6-13)20(22)23;/h4-10,21H,2-3,11-12H2,1H3;1H/q+1;/p-1/t16-;/m1./s1. The van der Waals surface area contributed by atoms with Crippen LogP contribution < -0.4 is 26.4 Å². The van der Waals surface area contributed by atoms with Gasteiger partial charge in [0.05, 0.1) is 17.7 Å². The van der Waals surface area contributed by atoms with E-state index in [2.05, 4.69) is 11.9 Å². The highest BCUT2D eigenvalue weighted by Gasteiger charge is 2.51. The Hall–Kier alpha value is -2.06. The van der Waals surface area contributed by atoms with E-state index in [1.807, 2.05) is 21.7 Å². The molecular formula is C16H19BrN4O3. The van der Waals surface area contributed by atoms with Crippen molar-refractivity contribution in [2.24, 2.45) is 0 Å². The molecule has 1 atom stereocenters. The van der Waals surface area contributed by atoms with Gasteiger partial charge in [0.1, 0.15) is 12.7 Å². The number of fused-ring (bicyclic) bond motifs is 1. The molecule has 2 heterocycles. The lowest BCUT2D eigenvalue weighted by atomic mass is 10.0. The number of nitrogens with zero attached hydrogens (tertiary/aromatic N) is 4. The summed E-state index contributed by atoms with van der Waals surface area (Å²) < 4.78 is 1.90. The molecule has 3 rings (SSSR count). The van der Waals surface area contributed by atoms with E-state index in [-0.39, 0.29) is 22.7 Å². The number of aliphatic hydroxyl groups is 1. The third-order valence-electron chi connectivity index (χ3n) is 4.15. The Kier molecular flexibility index (Phi) is 5.51. The van der Waals surface area contributed by atoms with Crippen LogP contribution in [0.2, 0.25) is 0 Å². The summed E-state index contributed by atoms with van der Waals surface area (Å²) in [6, 6.07) is 7.90. The molecule has 1 aromatic heterocycles. The smallest absolute Gasteiger partial charge is 0.396 e. The molecule has 0 fully saturated rings. The molecule has 0 amide bonds. The van der Waals surface area contributed by atoms with Crippen LogP contribution in [0.1, 0.15) is 25.3 Å². The molecule has 7 nitrogen and oxygen atoms in total. The van der Waals surface area contributed by atoms with Crippen LogP contribution >= 0.6 is 0 Å². The lowest BCUT2D eigenvalue weighted by Crippen LogP contribution is -3.00. The van der Waals surface area contributed by atoms with E-state index in [1.54, 1.807) is 18.3 Å². The van der Waals surface area contributed by atoms with Gasteiger partial charge in [-0.3, -0.25) is 10.1 Å². The summed E-state index contributed by atoms with van der Waals surface area (Å²) >= 11 is 0. The van der Waals surface area contributed by atoms with Gasteiger partial charge in [0.15, 0.2) is 0 Å². The Balaban J connectivity index is 0.00000208. The number of nitro benzene ring substituents is 1. The second kappa shape index (κ2) is 7.23. The summed E-state index contributed by atoms with van der Waals surface area (Å²) in [5, 5.41) is 22.1. The molecular weight excluding hydrogens is 376 g/mol. The van der Waals surface area contributed by atoms with Crippen LogP contribution in [0.15, 0.2) is 42.7 Å². The molecule has 0 saturated heterocycles. The second-order valence-corrected chi connectivity index (χ2v) is 5.67. The maximum Gasteiger partial charge on any atom is 0.396 e. The van der Waals surface area contributed by atoms with E-state index in [0.717, 1.165) is 12.8 Å². The fraction of sp³-hybridized carbons (Fsp3) is 0.375. The van der Waals surface area contributed by atoms with E-state index in [9.17, 15) is 15.2 Å². The first-order valence-corrected chi connectivity index (χ1v) is 7.65. The van der Waals surface area contributed by atoms with Crippen LogP contribution in [0.25, 0.3) is 0 Å². The molecule has 1 aliphatic heterocycles. The fourth-order valence-electron chi connectivity index (χ4n) is 2.93. The summed E-state index contributed by atoms with van der Waals surface area (Å²) in [6.07, 6.45) is 5.50. The highest BCUT2D eigenvalue weighted by atomic mass is 79.9. The van der Waals surface area contributed by atoms with Gasteiger partial charge in [-0.15, -0.1) is 0 Å². The average Bonchev–Trinajstić information content (AvgIpc) is 2.85. The van der Waals surface area contributed by atoms with E-state index in [4.69, 9.17) is 0 Å². The Bertz CT molecular complexity index is 726. The summed E-state index contributed by atoms with van der Waals surface area (Å²) in [5.41, 5.74) is -0.602. The Morgan fingerprint density at radius 1 is 1.42 bits per heavy atom. The zero-order chi connectivity index (χ0) is 16.4. The Labute approximate surface area is 150 Å². The van der Waals surface area contributed by atoms with Crippen molar-refractivity contribution in [1.29, 1.82) is 0 Å². The lowest BCUT2D eigenvalue weighted by Gasteiger charge is -2.28. The van der Waals surface area contributed by atoms with E-state index in [1.165, 1.54) is 12.1 Å². The van der Waals surface area contributed by atoms with Crippen LogP contribution in [-0.4, -0.2) is 21.6 Å². The van der Waals surface area contributed by atoms with Gasteiger partial charge in [0, 0.05) is 23.8 Å². The van der Waals surface area contributed by atoms with Crippen molar-refractivity contribution in [3.8, 4) is 0 Å². The maximum absolute atomic E-state index is 11.3. The van der Waals surface area contributed by atoms with E-state index >= 15 is 0 Å². The van der Waals surface area contributed by atoms with Gasteiger partial charge < -0.3 is 22.1 Å². The molecule has 1 aromatic carbocycles. The monoisotopic (exact) mass is 394 g/mol. The van der Waals surface area contributed by atoms with Crippen LogP contribution in [0.3, 0.4) is 0 Å². The normalized spacial score (nSPS) is 18.8. The first-order chi connectivity index (χ1) is 11.1. The molecule has 8 heteroatoms. The van der Waals surface area contributed by atoms with Gasteiger partial charge in [-0.05, 0) is 18.6 Å². The number of benzene rings is 1. The number of aromatic nitrogens is 2. The van der Waals surface area contributed by atoms with E-state index < -0.39 is 10.6 Å². The molecule has 128 valence electrons. The second-order valence-electron chi connectivity index (χ2n) is 5.67. The lowest BCUT2D eigenvalue weighted by molar-refractivity contribution is -0.685. The van der Waals surface area contributed by atoms with Crippen molar-refractivity contribution < 1.29 is 31.6 Å². The third-order valence-corrected chi connectivity index (χ3v) is 4.15. The van der Waals surface area contributed by atoms with Gasteiger partial charge >= 0.3 is 5.95 Å². The van der Waals surface area contributed by atoms with Crippen molar-refractivity contribution in [2.75, 3.05) is 11.4 Å². The summed E-state index contributed by atoms with van der Waals surface area (Å²) in [5.74, 6) is 0.710. The first kappa shape index (κ1) is 18.3. The number of rotatable bonds is 5. The number of hydrogen-bond acceptors (Lipinski definition) is 5. The minimum atomic E-state index is -1.24. The van der Waals surface area contributed by atoms with Crippen molar-refractivity contribution in [3.63, 3.8) is 0 Å². The zero-order valence-electron chi connectivity index (χ0n) is 13.3. The van der Waals surface area contributed by atoms with Crippen molar-refractivity contribution in [1.82, 2.24) is 4.98 Å². The predicted molar refractivity (Wildman–Crippen MR) is 83.7 cm³/mol. The Morgan fingerprint density at radius 2 is 2.12 bits per heavy atom. The topological polar surface area (TPSA) is 83.4 Å². The van der Waals surface area contributed by atoms with Gasteiger partial charge in [0.2, 0.25) is 5.72 Å². The zero-order valence-corrected chi connectivity index (χ0v) is 14.9. The SMILES string of the molecule is CCCCN1c2nccc[n+]2C[C@@]1(O)c1ccc([N+](=O)[O-])cc1.[Br-]. The molecule has 0 aliphatic carbocycles. The molecule has 2 aromatic rings. The number of anilines is 1. The van der Waals surface area contributed by atoms with Gasteiger partial charge in [-0.1, -0.05) is 18.3 Å². The molecule has 1 N–H and O–H groups in total. The highest BCUT2D eigenvalue weighted by molar-refractivity contribution is 5.41. The number of hydrogen-bond donors (Lipinski definition) is 1. The van der Waals surface area contributed by atoms with Crippen molar-refractivity contribution in [2.45, 2.75) is 32.0 Å². The van der Waals surface area contributed by atoms with Gasteiger partial charge in [-0.2, -0.15) is 0 Å². The first-order valence-electron chi connectivity index (χ1n) is 7.65. The molecule has 24 heavy (non-hydrogen) atoms. The molecule has 1 aliphatic rings. The van der Waals surface area contributed by atoms with Crippen LogP contribution in [-0.2, 0) is 12.3 Å². The number of non-ortho nitro benzene ring substituents is 1. The number of halogens is 1. The maximum atomic E-state index is 11.3. The summed E-state index contributed by atoms with van der Waals surface area (Å²) in [4.78, 5) is 16.6. The van der Waals surface area contributed by atoms with Crippen LogP contribution in [0, 0.1) is 10.1 Å². The van der Waals surface area contributed by atoms with E-state index in [0.29, 0.717) is 24.6 Å². The summed E-state index contributed by atoms with van der Waals surface area (Å²) in [7, 11) is 0. The fourth-order valence-corrected chi connectivity index (χ4v) is 2.93. The molecule has 0 radical (unpaired) electrons. The third kappa shape index (κ3) is 3.11. The number of unbranched alkanes of at least 4 members (excludes halogenated alkanes) is 1. The largest absolute Gasteiger partial charge is 1.00 e. The van der Waals surface area contributed by atoms with Gasteiger partial charge in [0.25, 0.3) is 5.69 Å². The minimum Gasteiger partial charge on any atom is -1.00 e. The quantitative estimate of drug-likeness (QED) is 0.389. The molecule has 0 bridgehead atoms. The average molecular weight is 395 g/mol. The molecule has 0 saturated carbocycles. The number of nitro groups is 1. The predicted octanol–water partition coefficient (Wildman–Crippen LogP) is -1.25. The van der Waals surface area contributed by atoms with Crippen LogP contribution in [0.4, 0.5) is 11.6 Å². The molecule has 0 unspecified atom stereocenters. The molecule has 0 spiro atoms. The summed E-state index contributed by atoms with van der Waals surface area (Å²) in [6.45, 7) is 3.10. The highest BCUT2D eigenvalue weighted by Crippen LogP contribution is 2.34. The Morgan fingerprint density at radius 3 is 2.75 bits per heavy atom. The van der Waals surface area contributed by atoms with Crippen molar-refractivity contribution >= 4 is 11.6 Å². The van der Waals surface area contributed by atoms with Crippen LogP contribution in [0.5, 0.6) is 0 Å². The minimum absolute atomic E-state index is 0.